The van der Waals surface area contributed by atoms with E-state index in [2.05, 4.69) is 19.9 Å². The number of morpholine rings is 1. The molecule has 46 heavy (non-hydrogen) atoms. The number of hydrogen-bond acceptors (Lipinski definition) is 10. The highest BCUT2D eigenvalue weighted by Crippen LogP contribution is 2.32. The van der Waals surface area contributed by atoms with Crippen LogP contribution in [0.5, 0.6) is 0 Å². The van der Waals surface area contributed by atoms with E-state index in [9.17, 15) is 9.59 Å². The monoisotopic (exact) mass is 620 g/mol. The van der Waals surface area contributed by atoms with Gasteiger partial charge in [0.25, 0.3) is 5.91 Å². The molecule has 0 unspecified atom stereocenters. The average molecular weight is 621 g/mol. The van der Waals surface area contributed by atoms with Gasteiger partial charge >= 0.3 is 0 Å². The van der Waals surface area contributed by atoms with Gasteiger partial charge in [0.1, 0.15) is 18.2 Å². The highest BCUT2D eigenvalue weighted by atomic mass is 19.1. The number of nitrogens with two attached hydrogens (primary N) is 1. The summed E-state index contributed by atoms with van der Waals surface area (Å²) in [5.41, 5.74) is 10.8. The molecule has 12 heteroatoms. The number of amides is 1. The van der Waals surface area contributed by atoms with Crippen LogP contribution >= 0.6 is 0 Å². The summed E-state index contributed by atoms with van der Waals surface area (Å²) in [4.78, 5) is 52.6. The molecule has 0 spiro atoms. The topological polar surface area (TPSA) is 140 Å². The quantitative estimate of drug-likeness (QED) is 0.354. The largest absolute Gasteiger partial charge is 0.372 e. The minimum absolute atomic E-state index is 0.0148. The molecule has 1 saturated heterocycles. The number of halogens is 1. The van der Waals surface area contributed by atoms with Gasteiger partial charge in [0, 0.05) is 60.9 Å². The Morgan fingerprint density at radius 1 is 1.04 bits per heavy atom. The van der Waals surface area contributed by atoms with Crippen molar-refractivity contribution in [2.75, 3.05) is 36.8 Å². The first kappa shape index (κ1) is 29.6. The second kappa shape index (κ2) is 12.0. The van der Waals surface area contributed by atoms with Crippen LogP contribution in [0.2, 0.25) is 0 Å². The van der Waals surface area contributed by atoms with Crippen LogP contribution in [0.1, 0.15) is 56.9 Å². The number of nitrogen functional groups attached to an aromatic ring is 1. The van der Waals surface area contributed by atoms with Crippen LogP contribution < -0.4 is 10.6 Å². The zero-order chi connectivity index (χ0) is 31.9. The van der Waals surface area contributed by atoms with Gasteiger partial charge in [-0.05, 0) is 38.0 Å². The number of aliphatic imine (C=N–C) groups is 1. The van der Waals surface area contributed by atoms with Crippen molar-refractivity contribution in [2.45, 2.75) is 45.4 Å². The Bertz CT molecular complexity index is 1870. The van der Waals surface area contributed by atoms with E-state index < -0.39 is 11.7 Å². The lowest BCUT2D eigenvalue weighted by Crippen LogP contribution is -2.47. The van der Waals surface area contributed by atoms with E-state index in [0.29, 0.717) is 55.1 Å². The van der Waals surface area contributed by atoms with E-state index >= 15 is 4.39 Å². The summed E-state index contributed by atoms with van der Waals surface area (Å²) in [6.45, 7) is 6.04. The average Bonchev–Trinajstić information content (AvgIpc) is 3.06. The molecule has 1 fully saturated rings. The van der Waals surface area contributed by atoms with Gasteiger partial charge in [-0.25, -0.2) is 24.3 Å². The highest BCUT2D eigenvalue weighted by Gasteiger charge is 2.32. The third-order valence-corrected chi connectivity index (χ3v) is 8.56. The van der Waals surface area contributed by atoms with Gasteiger partial charge in [-0.3, -0.25) is 14.6 Å². The lowest BCUT2D eigenvalue weighted by atomic mass is 9.92. The van der Waals surface area contributed by atoms with E-state index in [1.807, 2.05) is 32.0 Å². The summed E-state index contributed by atoms with van der Waals surface area (Å²) in [6.07, 6.45) is 4.07. The summed E-state index contributed by atoms with van der Waals surface area (Å²) >= 11 is 0. The van der Waals surface area contributed by atoms with Gasteiger partial charge in [-0.2, -0.15) is 0 Å². The standard InChI is InChI=1S/C34H33FN8O3/c1-19-16-43(17-20(2)46-19)32-25-9-10-42(18-29(25)40-31(41-32)22-13-38-34(36)39-14-22)33(45)26-11-21(7-8-27(26)35)12-28-23-5-3-4-6-24(23)30(44)15-37-28/h3-8,11,13-14,19-20H,9-10,12,15-18H2,1-2H3,(H2,36,38,39)/t19-,20+. The van der Waals surface area contributed by atoms with E-state index in [1.165, 1.54) is 6.07 Å². The van der Waals surface area contributed by atoms with Crippen molar-refractivity contribution in [3.63, 3.8) is 0 Å². The number of aromatic nitrogens is 4. The number of rotatable bonds is 5. The van der Waals surface area contributed by atoms with Gasteiger partial charge < -0.3 is 20.3 Å². The van der Waals surface area contributed by atoms with Crippen LogP contribution in [0.3, 0.4) is 0 Å². The number of carbonyl (C=O) groups is 2. The number of carbonyl (C=O) groups excluding carboxylic acids is 2. The second-order valence-electron chi connectivity index (χ2n) is 12.0. The molecule has 234 valence electrons. The second-order valence-corrected chi connectivity index (χ2v) is 12.0. The first-order valence-electron chi connectivity index (χ1n) is 15.3. The number of ether oxygens (including phenoxy) is 1. The van der Waals surface area contributed by atoms with Crippen molar-refractivity contribution < 1.29 is 18.7 Å². The van der Waals surface area contributed by atoms with Gasteiger partial charge in [-0.15, -0.1) is 0 Å². The smallest absolute Gasteiger partial charge is 0.257 e. The summed E-state index contributed by atoms with van der Waals surface area (Å²) in [6, 6.07) is 11.9. The molecule has 3 aliphatic rings. The Kier molecular flexibility index (Phi) is 7.73. The fraction of sp³-hybridized carbons (Fsp3) is 0.324. The van der Waals surface area contributed by atoms with Crippen molar-refractivity contribution in [1.82, 2.24) is 24.8 Å². The Hall–Kier alpha value is -5.10. The predicted octanol–water partition coefficient (Wildman–Crippen LogP) is 3.70. The number of nitrogens with zero attached hydrogens (tertiary/aromatic N) is 7. The minimum Gasteiger partial charge on any atom is -0.372 e. The maximum absolute atomic E-state index is 15.2. The minimum atomic E-state index is -0.597. The van der Waals surface area contributed by atoms with E-state index in [1.54, 1.807) is 35.5 Å². The molecule has 2 aromatic heterocycles. The molecule has 1 amide bonds. The van der Waals surface area contributed by atoms with Crippen molar-refractivity contribution in [3.8, 4) is 11.4 Å². The molecule has 2 atom stereocenters. The molecule has 0 saturated carbocycles. The Labute approximate surface area is 265 Å². The van der Waals surface area contributed by atoms with Crippen molar-refractivity contribution in [2.24, 2.45) is 4.99 Å². The molecule has 3 aliphatic heterocycles. The fourth-order valence-electron chi connectivity index (χ4n) is 6.46. The van der Waals surface area contributed by atoms with E-state index in [-0.39, 0.29) is 42.6 Å². The zero-order valence-corrected chi connectivity index (χ0v) is 25.6. The van der Waals surface area contributed by atoms with Gasteiger partial charge in [0.15, 0.2) is 11.6 Å². The maximum Gasteiger partial charge on any atom is 0.257 e. The lowest BCUT2D eigenvalue weighted by Gasteiger charge is -2.38. The van der Waals surface area contributed by atoms with Crippen LogP contribution in [-0.4, -0.2) is 80.6 Å². The van der Waals surface area contributed by atoms with Crippen LogP contribution in [0, 0.1) is 5.82 Å². The maximum atomic E-state index is 15.2. The molecule has 11 nitrogen and oxygen atoms in total. The Balaban J connectivity index is 1.19. The highest BCUT2D eigenvalue weighted by molar-refractivity contribution is 6.15. The predicted molar refractivity (Wildman–Crippen MR) is 170 cm³/mol. The van der Waals surface area contributed by atoms with Crippen molar-refractivity contribution in [1.29, 1.82) is 0 Å². The first-order chi connectivity index (χ1) is 22.2. The molecular weight excluding hydrogens is 587 g/mol. The summed E-state index contributed by atoms with van der Waals surface area (Å²) in [5, 5.41) is 0. The van der Waals surface area contributed by atoms with Crippen molar-refractivity contribution in [3.05, 3.63) is 94.2 Å². The van der Waals surface area contributed by atoms with E-state index in [0.717, 1.165) is 28.2 Å². The summed E-state index contributed by atoms with van der Waals surface area (Å²) in [7, 11) is 0. The molecule has 7 rings (SSSR count). The normalized spacial score (nSPS) is 19.4. The Morgan fingerprint density at radius 3 is 2.54 bits per heavy atom. The SMILES string of the molecule is C[C@@H]1CN(c2nc(-c3cnc(N)nc3)nc3c2CCN(C(=O)c2cc(CC4=NCC(=O)c5ccccc54)ccc2F)C3)C[C@H](C)O1. The molecule has 2 aromatic carbocycles. The number of ketones is 1. The third-order valence-electron chi connectivity index (χ3n) is 8.56. The van der Waals surface area contributed by atoms with Crippen LogP contribution in [-0.2, 0) is 24.1 Å². The Morgan fingerprint density at radius 2 is 1.78 bits per heavy atom. The van der Waals surface area contributed by atoms with Gasteiger partial charge in [-0.1, -0.05) is 30.3 Å². The summed E-state index contributed by atoms with van der Waals surface area (Å²) < 4.78 is 21.2. The summed E-state index contributed by atoms with van der Waals surface area (Å²) in [5.74, 6) is 0.321. The lowest BCUT2D eigenvalue weighted by molar-refractivity contribution is -0.00553. The molecular formula is C34H33FN8O3. The molecule has 4 aromatic rings. The number of fused-ring (bicyclic) bond motifs is 2. The molecule has 5 heterocycles. The molecule has 0 radical (unpaired) electrons. The van der Waals surface area contributed by atoms with Crippen LogP contribution in [0.25, 0.3) is 11.4 Å². The first-order valence-corrected chi connectivity index (χ1v) is 15.3. The van der Waals surface area contributed by atoms with Crippen LogP contribution in [0.4, 0.5) is 16.2 Å². The molecule has 2 N–H and O–H groups in total. The third kappa shape index (κ3) is 5.71. The molecule has 0 aliphatic carbocycles. The number of hydrogen-bond donors (Lipinski definition) is 1. The fourth-order valence-corrected chi connectivity index (χ4v) is 6.46. The van der Waals surface area contributed by atoms with Crippen molar-refractivity contribution >= 4 is 29.2 Å². The molecule has 0 bridgehead atoms. The van der Waals surface area contributed by atoms with Gasteiger partial charge in [0.2, 0.25) is 5.95 Å². The van der Waals surface area contributed by atoms with Gasteiger partial charge in [0.05, 0.1) is 35.6 Å². The zero-order valence-electron chi connectivity index (χ0n) is 25.6. The number of benzene rings is 2. The number of Topliss-reactive ketones (excluding diaryl/α,β-unsaturated/α-hetero) is 1. The van der Waals surface area contributed by atoms with E-state index in [4.69, 9.17) is 20.4 Å². The van der Waals surface area contributed by atoms with Crippen LogP contribution in [0.15, 0.2) is 59.9 Å². The number of anilines is 2.